The number of rotatable bonds is 3. The smallest absolute Gasteiger partial charge is 0.263 e. The molecule has 3 aromatic rings. The van der Waals surface area contributed by atoms with Gasteiger partial charge in [0.05, 0.1) is 10.6 Å². The molecule has 1 fully saturated rings. The maximum Gasteiger partial charge on any atom is 0.263 e. The quantitative estimate of drug-likeness (QED) is 0.790. The molecule has 2 heterocycles. The van der Waals surface area contributed by atoms with Gasteiger partial charge in [-0.3, -0.25) is 9.36 Å². The molecule has 1 aliphatic carbocycles. The molecule has 4 nitrogen and oxygen atoms in total. The number of pyridine rings is 1. The third-order valence-electron chi connectivity index (χ3n) is 4.45. The van der Waals surface area contributed by atoms with Crippen LogP contribution in [0.25, 0.3) is 21.5 Å². The number of thiazole rings is 1. The zero-order valence-corrected chi connectivity index (χ0v) is 14.0. The Morgan fingerprint density at radius 3 is 2.74 bits per heavy atom. The van der Waals surface area contributed by atoms with Crippen LogP contribution in [-0.2, 0) is 6.54 Å². The zero-order chi connectivity index (χ0) is 16.1. The SMILES string of the molecule is CCn1c(=O)c(-c2ccccc2C)c(O)c2sc(C3CC3)nc21. The monoisotopic (exact) mass is 326 g/mol. The first-order valence-electron chi connectivity index (χ1n) is 7.94. The van der Waals surface area contributed by atoms with Gasteiger partial charge in [-0.2, -0.15) is 0 Å². The van der Waals surface area contributed by atoms with Crippen LogP contribution in [0.3, 0.4) is 0 Å². The predicted octanol–water partition coefficient (Wildman–Crippen LogP) is 4.04. The lowest BCUT2D eigenvalue weighted by atomic mass is 10.0. The Hall–Kier alpha value is -2.14. The molecule has 0 radical (unpaired) electrons. The minimum atomic E-state index is -0.167. The van der Waals surface area contributed by atoms with Crippen molar-refractivity contribution in [3.05, 3.63) is 45.2 Å². The van der Waals surface area contributed by atoms with Gasteiger partial charge in [-0.1, -0.05) is 24.3 Å². The van der Waals surface area contributed by atoms with E-state index in [-0.39, 0.29) is 11.3 Å². The highest BCUT2D eigenvalue weighted by Gasteiger charge is 2.29. The minimum Gasteiger partial charge on any atom is -0.505 e. The summed E-state index contributed by atoms with van der Waals surface area (Å²) in [5.41, 5.74) is 2.62. The largest absolute Gasteiger partial charge is 0.505 e. The zero-order valence-electron chi connectivity index (χ0n) is 13.2. The summed E-state index contributed by atoms with van der Waals surface area (Å²) in [4.78, 5) is 17.6. The van der Waals surface area contributed by atoms with Crippen molar-refractivity contribution < 1.29 is 5.11 Å². The molecule has 0 spiro atoms. The molecule has 0 aliphatic heterocycles. The lowest BCUT2D eigenvalue weighted by molar-refractivity contribution is 0.482. The molecule has 0 unspecified atom stereocenters. The Bertz CT molecular complexity index is 967. The Morgan fingerprint density at radius 2 is 2.09 bits per heavy atom. The van der Waals surface area contributed by atoms with E-state index in [1.807, 2.05) is 38.1 Å². The molecule has 0 bridgehead atoms. The van der Waals surface area contributed by atoms with Gasteiger partial charge < -0.3 is 5.11 Å². The first kappa shape index (κ1) is 14.5. The molecule has 118 valence electrons. The molecule has 4 rings (SSSR count). The van der Waals surface area contributed by atoms with Crippen molar-refractivity contribution in [2.45, 2.75) is 39.2 Å². The summed E-state index contributed by atoms with van der Waals surface area (Å²) in [6.07, 6.45) is 2.31. The summed E-state index contributed by atoms with van der Waals surface area (Å²) in [5, 5.41) is 11.8. The maximum absolute atomic E-state index is 12.9. The summed E-state index contributed by atoms with van der Waals surface area (Å²) in [6.45, 7) is 4.44. The standard InChI is InChI=1S/C18H18N2O2S/c1-3-20-16-15(23-17(19-16)11-8-9-11)14(21)13(18(20)22)12-7-5-4-6-10(12)2/h4-7,11,21H,3,8-9H2,1-2H3. The molecule has 0 saturated heterocycles. The van der Waals surface area contributed by atoms with Crippen LogP contribution in [0.15, 0.2) is 29.1 Å². The number of aromatic nitrogens is 2. The van der Waals surface area contributed by atoms with Crippen LogP contribution >= 0.6 is 11.3 Å². The number of aromatic hydroxyl groups is 1. The van der Waals surface area contributed by atoms with E-state index in [0.717, 1.165) is 33.7 Å². The summed E-state index contributed by atoms with van der Waals surface area (Å²) >= 11 is 1.53. The van der Waals surface area contributed by atoms with Crippen molar-refractivity contribution in [2.75, 3.05) is 0 Å². The van der Waals surface area contributed by atoms with E-state index in [1.165, 1.54) is 11.3 Å². The highest BCUT2D eigenvalue weighted by atomic mass is 32.1. The van der Waals surface area contributed by atoms with Gasteiger partial charge in [-0.15, -0.1) is 11.3 Å². The van der Waals surface area contributed by atoms with Crippen LogP contribution in [-0.4, -0.2) is 14.7 Å². The van der Waals surface area contributed by atoms with Crippen molar-refractivity contribution in [3.63, 3.8) is 0 Å². The van der Waals surface area contributed by atoms with E-state index in [2.05, 4.69) is 4.98 Å². The second kappa shape index (κ2) is 5.20. The average Bonchev–Trinajstić information content (AvgIpc) is 3.29. The second-order valence-corrected chi connectivity index (χ2v) is 7.10. The van der Waals surface area contributed by atoms with E-state index >= 15 is 0 Å². The molecule has 0 atom stereocenters. The van der Waals surface area contributed by atoms with Crippen molar-refractivity contribution in [1.82, 2.24) is 9.55 Å². The fourth-order valence-corrected chi connectivity index (χ4v) is 4.20. The lowest BCUT2D eigenvalue weighted by Gasteiger charge is -2.11. The first-order valence-corrected chi connectivity index (χ1v) is 8.75. The van der Waals surface area contributed by atoms with Crippen molar-refractivity contribution in [3.8, 4) is 16.9 Å². The van der Waals surface area contributed by atoms with Gasteiger partial charge in [0.15, 0.2) is 5.65 Å². The number of benzene rings is 1. The Morgan fingerprint density at radius 1 is 1.35 bits per heavy atom. The number of fused-ring (bicyclic) bond motifs is 1. The molecular weight excluding hydrogens is 308 g/mol. The van der Waals surface area contributed by atoms with Crippen molar-refractivity contribution in [2.24, 2.45) is 0 Å². The van der Waals surface area contributed by atoms with Gasteiger partial charge in [-0.05, 0) is 37.8 Å². The van der Waals surface area contributed by atoms with E-state index in [4.69, 9.17) is 0 Å². The van der Waals surface area contributed by atoms with E-state index < -0.39 is 0 Å². The molecule has 1 saturated carbocycles. The van der Waals surface area contributed by atoms with E-state index in [9.17, 15) is 9.90 Å². The average molecular weight is 326 g/mol. The summed E-state index contributed by atoms with van der Waals surface area (Å²) in [5.74, 6) is 0.586. The normalized spacial score (nSPS) is 14.5. The van der Waals surface area contributed by atoms with Gasteiger partial charge in [-0.25, -0.2) is 4.98 Å². The van der Waals surface area contributed by atoms with Crippen LogP contribution in [0.1, 0.15) is 36.3 Å². The van der Waals surface area contributed by atoms with Gasteiger partial charge in [0.25, 0.3) is 5.56 Å². The van der Waals surface area contributed by atoms with Gasteiger partial charge in [0.1, 0.15) is 10.4 Å². The van der Waals surface area contributed by atoms with Gasteiger partial charge in [0, 0.05) is 12.5 Å². The topological polar surface area (TPSA) is 55.1 Å². The van der Waals surface area contributed by atoms with Gasteiger partial charge in [0.2, 0.25) is 0 Å². The number of nitrogens with zero attached hydrogens (tertiary/aromatic N) is 2. The summed E-state index contributed by atoms with van der Waals surface area (Å²) in [6, 6.07) is 7.67. The Labute approximate surface area is 138 Å². The highest BCUT2D eigenvalue weighted by Crippen LogP contribution is 2.46. The van der Waals surface area contributed by atoms with Crippen LogP contribution in [0.2, 0.25) is 0 Å². The van der Waals surface area contributed by atoms with Crippen LogP contribution in [0.5, 0.6) is 5.75 Å². The number of hydrogen-bond donors (Lipinski definition) is 1. The third-order valence-corrected chi connectivity index (χ3v) is 5.66. The molecule has 2 aromatic heterocycles. The summed E-state index contributed by atoms with van der Waals surface area (Å²) < 4.78 is 2.41. The fraction of sp³-hybridized carbons (Fsp3) is 0.333. The second-order valence-electron chi connectivity index (χ2n) is 6.07. The van der Waals surface area contributed by atoms with E-state index in [0.29, 0.717) is 23.7 Å². The van der Waals surface area contributed by atoms with Crippen LogP contribution in [0.4, 0.5) is 0 Å². The Balaban J connectivity index is 2.08. The lowest BCUT2D eigenvalue weighted by Crippen LogP contribution is -2.21. The van der Waals surface area contributed by atoms with Crippen molar-refractivity contribution in [1.29, 1.82) is 0 Å². The van der Waals surface area contributed by atoms with Crippen molar-refractivity contribution >= 4 is 21.7 Å². The molecular formula is C18H18N2O2S. The molecule has 5 heteroatoms. The summed E-state index contributed by atoms with van der Waals surface area (Å²) in [7, 11) is 0. The third kappa shape index (κ3) is 2.18. The first-order chi connectivity index (χ1) is 11.1. The fourth-order valence-electron chi connectivity index (χ4n) is 3.01. The van der Waals surface area contributed by atoms with Crippen LogP contribution in [0, 0.1) is 6.92 Å². The predicted molar refractivity (Wildman–Crippen MR) is 93.4 cm³/mol. The number of aryl methyl sites for hydroxylation is 2. The van der Waals surface area contributed by atoms with E-state index in [1.54, 1.807) is 4.57 Å². The maximum atomic E-state index is 12.9. The highest BCUT2D eigenvalue weighted by molar-refractivity contribution is 7.19. The number of hydrogen-bond acceptors (Lipinski definition) is 4. The molecule has 1 N–H and O–H groups in total. The molecule has 1 aromatic carbocycles. The minimum absolute atomic E-state index is 0.0772. The Kier molecular flexibility index (Phi) is 3.27. The molecule has 0 amide bonds. The van der Waals surface area contributed by atoms with Gasteiger partial charge >= 0.3 is 0 Å². The molecule has 1 aliphatic rings. The molecule has 23 heavy (non-hydrogen) atoms. The van der Waals surface area contributed by atoms with Crippen LogP contribution < -0.4 is 5.56 Å².